The van der Waals surface area contributed by atoms with Gasteiger partial charge in [-0.05, 0) is 25.8 Å². The Labute approximate surface area is 98.7 Å². The number of thiazole rings is 1. The summed E-state index contributed by atoms with van der Waals surface area (Å²) in [6.07, 6.45) is 3.36. The minimum atomic E-state index is 0.123. The number of fused-ring (bicyclic) bond motifs is 2. The maximum atomic E-state index is 12.3. The van der Waals surface area contributed by atoms with Gasteiger partial charge >= 0.3 is 0 Å². The van der Waals surface area contributed by atoms with Gasteiger partial charge in [-0.2, -0.15) is 0 Å². The molecule has 0 aliphatic carbocycles. The Morgan fingerprint density at radius 3 is 3.12 bits per heavy atom. The van der Waals surface area contributed by atoms with E-state index in [0.29, 0.717) is 17.8 Å². The van der Waals surface area contributed by atoms with Crippen LogP contribution < -0.4 is 5.32 Å². The molecular weight excluding hydrogens is 222 g/mol. The molecule has 1 amide bonds. The van der Waals surface area contributed by atoms with E-state index in [1.807, 2.05) is 5.38 Å². The highest BCUT2D eigenvalue weighted by molar-refractivity contribution is 7.07. The molecule has 1 N–H and O–H groups in total. The van der Waals surface area contributed by atoms with Crippen LogP contribution in [0.3, 0.4) is 0 Å². The smallest absolute Gasteiger partial charge is 0.273 e. The first kappa shape index (κ1) is 10.2. The van der Waals surface area contributed by atoms with E-state index in [9.17, 15) is 4.79 Å². The molecule has 86 valence electrons. The SMILES string of the molecule is O=C(c1cscn1)N1C2CCNCC1CC2. The van der Waals surface area contributed by atoms with E-state index in [1.54, 1.807) is 5.51 Å². The van der Waals surface area contributed by atoms with Crippen molar-refractivity contribution in [3.63, 3.8) is 0 Å². The van der Waals surface area contributed by atoms with Crippen LogP contribution >= 0.6 is 11.3 Å². The molecule has 1 aromatic rings. The van der Waals surface area contributed by atoms with E-state index in [2.05, 4.69) is 15.2 Å². The molecule has 2 fully saturated rings. The zero-order chi connectivity index (χ0) is 11.0. The second-order valence-corrected chi connectivity index (χ2v) is 5.18. The Morgan fingerprint density at radius 2 is 2.31 bits per heavy atom. The van der Waals surface area contributed by atoms with Crippen LogP contribution in [0.2, 0.25) is 0 Å². The molecule has 0 aromatic carbocycles. The lowest BCUT2D eigenvalue weighted by molar-refractivity contribution is 0.0675. The lowest BCUT2D eigenvalue weighted by Crippen LogP contribution is -2.42. The van der Waals surface area contributed by atoms with Gasteiger partial charge in [0, 0.05) is 24.0 Å². The molecule has 2 bridgehead atoms. The van der Waals surface area contributed by atoms with Crippen molar-refractivity contribution >= 4 is 17.2 Å². The molecule has 16 heavy (non-hydrogen) atoms. The van der Waals surface area contributed by atoms with E-state index >= 15 is 0 Å². The molecule has 1 aromatic heterocycles. The van der Waals surface area contributed by atoms with Gasteiger partial charge in [0.25, 0.3) is 5.91 Å². The van der Waals surface area contributed by atoms with Crippen molar-refractivity contribution in [1.29, 1.82) is 0 Å². The maximum Gasteiger partial charge on any atom is 0.273 e. The van der Waals surface area contributed by atoms with Gasteiger partial charge in [0.15, 0.2) is 0 Å². The number of amides is 1. The molecule has 2 aliphatic rings. The molecule has 2 atom stereocenters. The number of nitrogens with one attached hydrogen (secondary N) is 1. The van der Waals surface area contributed by atoms with E-state index < -0.39 is 0 Å². The first-order valence-corrected chi connectivity index (χ1v) is 6.72. The normalized spacial score (nSPS) is 29.1. The van der Waals surface area contributed by atoms with Crippen LogP contribution in [0.1, 0.15) is 29.8 Å². The van der Waals surface area contributed by atoms with Gasteiger partial charge in [-0.15, -0.1) is 11.3 Å². The summed E-state index contributed by atoms with van der Waals surface area (Å²) in [6, 6.07) is 0.802. The first-order valence-electron chi connectivity index (χ1n) is 5.78. The zero-order valence-corrected chi connectivity index (χ0v) is 9.87. The second-order valence-electron chi connectivity index (χ2n) is 4.46. The highest BCUT2D eigenvalue weighted by Gasteiger charge is 2.38. The zero-order valence-electron chi connectivity index (χ0n) is 9.06. The summed E-state index contributed by atoms with van der Waals surface area (Å²) in [6.45, 7) is 1.97. The summed E-state index contributed by atoms with van der Waals surface area (Å²) in [5.74, 6) is 0.123. The molecule has 5 heteroatoms. The van der Waals surface area contributed by atoms with Crippen molar-refractivity contribution in [3.05, 3.63) is 16.6 Å². The van der Waals surface area contributed by atoms with Crippen molar-refractivity contribution in [2.45, 2.75) is 31.3 Å². The van der Waals surface area contributed by atoms with E-state index in [1.165, 1.54) is 11.3 Å². The van der Waals surface area contributed by atoms with Gasteiger partial charge in [0.1, 0.15) is 5.69 Å². The van der Waals surface area contributed by atoms with Gasteiger partial charge in [-0.3, -0.25) is 4.79 Å². The Kier molecular flexibility index (Phi) is 2.65. The largest absolute Gasteiger partial charge is 0.330 e. The molecule has 2 saturated heterocycles. The van der Waals surface area contributed by atoms with Crippen molar-refractivity contribution in [2.75, 3.05) is 13.1 Å². The number of nitrogens with zero attached hydrogens (tertiary/aromatic N) is 2. The summed E-state index contributed by atoms with van der Waals surface area (Å²) in [5.41, 5.74) is 2.34. The minimum absolute atomic E-state index is 0.123. The standard InChI is InChI=1S/C11H15N3OS/c15-11(10-6-16-7-13-10)14-8-1-2-9(14)5-12-4-3-8/h6-9,12H,1-5H2. The van der Waals surface area contributed by atoms with E-state index in [0.717, 1.165) is 32.4 Å². The molecule has 0 radical (unpaired) electrons. The van der Waals surface area contributed by atoms with Crippen LogP contribution in [0.5, 0.6) is 0 Å². The van der Waals surface area contributed by atoms with Gasteiger partial charge in [0.2, 0.25) is 0 Å². The number of rotatable bonds is 1. The van der Waals surface area contributed by atoms with Crippen LogP contribution in [0.4, 0.5) is 0 Å². The number of aromatic nitrogens is 1. The predicted octanol–water partition coefficient (Wildman–Crippen LogP) is 1.11. The van der Waals surface area contributed by atoms with E-state index in [4.69, 9.17) is 0 Å². The third-order valence-electron chi connectivity index (χ3n) is 3.54. The van der Waals surface area contributed by atoms with Crippen molar-refractivity contribution in [3.8, 4) is 0 Å². The fourth-order valence-electron chi connectivity index (χ4n) is 2.76. The average molecular weight is 237 g/mol. The fourth-order valence-corrected chi connectivity index (χ4v) is 3.29. The van der Waals surface area contributed by atoms with Gasteiger partial charge in [0.05, 0.1) is 5.51 Å². The fraction of sp³-hybridized carbons (Fsp3) is 0.636. The number of carbonyl (C=O) groups is 1. The highest BCUT2D eigenvalue weighted by atomic mass is 32.1. The van der Waals surface area contributed by atoms with Crippen molar-refractivity contribution in [2.24, 2.45) is 0 Å². The third-order valence-corrected chi connectivity index (χ3v) is 4.13. The van der Waals surface area contributed by atoms with Crippen molar-refractivity contribution in [1.82, 2.24) is 15.2 Å². The molecule has 3 rings (SSSR count). The Hall–Kier alpha value is -0.940. The first-order chi connectivity index (χ1) is 7.86. The third kappa shape index (κ3) is 1.64. The maximum absolute atomic E-state index is 12.3. The van der Waals surface area contributed by atoms with Crippen LogP contribution in [0.15, 0.2) is 10.9 Å². The summed E-state index contributed by atoms with van der Waals surface area (Å²) in [7, 11) is 0. The van der Waals surface area contributed by atoms with Crippen molar-refractivity contribution < 1.29 is 4.79 Å². The van der Waals surface area contributed by atoms with Gasteiger partial charge < -0.3 is 10.2 Å². The van der Waals surface area contributed by atoms with Crippen LogP contribution in [-0.2, 0) is 0 Å². The second kappa shape index (κ2) is 4.14. The summed E-state index contributed by atoms with van der Waals surface area (Å²) >= 11 is 1.49. The van der Waals surface area contributed by atoms with Crippen LogP contribution in [0, 0.1) is 0 Å². The Balaban J connectivity index is 1.85. The summed E-state index contributed by atoms with van der Waals surface area (Å²) in [5, 5.41) is 5.24. The highest BCUT2D eigenvalue weighted by Crippen LogP contribution is 2.29. The number of hydrogen-bond donors (Lipinski definition) is 1. The summed E-state index contributed by atoms with van der Waals surface area (Å²) in [4.78, 5) is 18.5. The molecular formula is C11H15N3OS. The lowest BCUT2D eigenvalue weighted by Gasteiger charge is -2.27. The van der Waals surface area contributed by atoms with Crippen LogP contribution in [-0.4, -0.2) is 41.0 Å². The molecule has 4 nitrogen and oxygen atoms in total. The summed E-state index contributed by atoms with van der Waals surface area (Å²) < 4.78 is 0. The Bertz CT molecular complexity index is 365. The number of carbonyl (C=O) groups excluding carboxylic acids is 1. The van der Waals surface area contributed by atoms with Crippen LogP contribution in [0.25, 0.3) is 0 Å². The molecule has 2 unspecified atom stereocenters. The molecule has 0 saturated carbocycles. The monoisotopic (exact) mass is 237 g/mol. The Morgan fingerprint density at radius 1 is 1.44 bits per heavy atom. The topological polar surface area (TPSA) is 45.2 Å². The average Bonchev–Trinajstić information content (AvgIpc) is 2.84. The molecule has 0 spiro atoms. The lowest BCUT2D eigenvalue weighted by atomic mass is 10.1. The molecule has 3 heterocycles. The molecule has 2 aliphatic heterocycles. The van der Waals surface area contributed by atoms with Gasteiger partial charge in [-0.25, -0.2) is 4.98 Å². The predicted molar refractivity (Wildman–Crippen MR) is 62.6 cm³/mol. The van der Waals surface area contributed by atoms with E-state index in [-0.39, 0.29) is 5.91 Å². The number of hydrogen-bond acceptors (Lipinski definition) is 4. The quantitative estimate of drug-likeness (QED) is 0.796. The van der Waals surface area contributed by atoms with Gasteiger partial charge in [-0.1, -0.05) is 0 Å². The minimum Gasteiger partial charge on any atom is -0.330 e.